The van der Waals surface area contributed by atoms with Gasteiger partial charge in [0.05, 0.1) is 11.2 Å². The molecule has 0 aliphatic rings. The van der Waals surface area contributed by atoms with Crippen molar-refractivity contribution >= 4 is 60.5 Å². The monoisotopic (exact) mass is 743 g/mol. The lowest BCUT2D eigenvalue weighted by molar-refractivity contribution is 0.672. The molecule has 0 saturated carbocycles. The summed E-state index contributed by atoms with van der Waals surface area (Å²) in [7, 11) is 0. The number of fused-ring (bicyclic) bond motifs is 6. The molecule has 0 saturated heterocycles. The van der Waals surface area contributed by atoms with Gasteiger partial charge in [-0.15, -0.1) is 0 Å². The number of benzene rings is 10. The molecule has 0 aliphatic carbocycles. The maximum Gasteiger partial charge on any atom is 0.143 e. The number of furan rings is 1. The van der Waals surface area contributed by atoms with Gasteiger partial charge in [-0.3, -0.25) is 0 Å². The van der Waals surface area contributed by atoms with Crippen molar-refractivity contribution in [1.82, 2.24) is 0 Å². The lowest BCUT2D eigenvalue weighted by atomic mass is 9.94. The molecule has 0 spiro atoms. The van der Waals surface area contributed by atoms with Crippen LogP contribution in [0.25, 0.3) is 88.0 Å². The summed E-state index contributed by atoms with van der Waals surface area (Å²) in [4.78, 5) is 1.89. The Hall–Kier alpha value is -7.68. The Morgan fingerprint density at radius 2 is 0.879 bits per heavy atom. The van der Waals surface area contributed by atoms with Crippen LogP contribution in [0.4, 0.5) is 17.1 Å². The van der Waals surface area contributed by atoms with Crippen molar-refractivity contribution in [2.75, 3.05) is 4.90 Å². The van der Waals surface area contributed by atoms with Crippen LogP contribution in [0.5, 0.6) is 0 Å². The summed E-state index contributed by atoms with van der Waals surface area (Å²) in [6, 6.07) is 66.6. The quantitative estimate of drug-likeness (QED) is 0.162. The highest BCUT2D eigenvalue weighted by Gasteiger charge is 2.20. The standard InChI is InChI=1S/C56H37NO/c1-2-12-38(13-3-1)40-28-32-44(33-29-40)57(45-34-30-41(31-35-45)39-24-26-43(27-25-39)47-19-10-15-42-14-4-5-16-46(42)47)54-22-8-6-17-50(54)48-20-11-21-52-49(48)36-37-53-51-18-7-9-23-55(51)58-56(52)53/h1-37H/i30D,31D,34D,35D. The van der Waals surface area contributed by atoms with Gasteiger partial charge >= 0.3 is 0 Å². The molecule has 0 N–H and O–H groups in total. The maximum absolute atomic E-state index is 9.70. The minimum atomic E-state index is -0.136. The zero-order valence-corrected chi connectivity index (χ0v) is 31.4. The van der Waals surface area contributed by atoms with E-state index in [0.29, 0.717) is 16.9 Å². The average molecular weight is 744 g/mol. The van der Waals surface area contributed by atoms with Crippen molar-refractivity contribution in [3.05, 3.63) is 224 Å². The van der Waals surface area contributed by atoms with Crippen molar-refractivity contribution in [3.63, 3.8) is 0 Å². The second kappa shape index (κ2) is 14.1. The molecule has 10 aromatic carbocycles. The smallest absolute Gasteiger partial charge is 0.143 e. The van der Waals surface area contributed by atoms with E-state index in [1.54, 1.807) is 0 Å². The maximum atomic E-state index is 9.70. The fraction of sp³-hybridized carbons (Fsp3) is 0. The van der Waals surface area contributed by atoms with Crippen LogP contribution >= 0.6 is 0 Å². The molecule has 0 atom stereocenters. The Kier molecular flexibility index (Phi) is 7.20. The van der Waals surface area contributed by atoms with Gasteiger partial charge in [0.15, 0.2) is 0 Å². The molecule has 1 aromatic heterocycles. The Morgan fingerprint density at radius 3 is 1.72 bits per heavy atom. The zero-order valence-electron chi connectivity index (χ0n) is 35.4. The third-order valence-corrected chi connectivity index (χ3v) is 11.2. The number of hydrogen-bond donors (Lipinski definition) is 0. The summed E-state index contributed by atoms with van der Waals surface area (Å²) in [5.41, 5.74) is 10.1. The Balaban J connectivity index is 1.09. The molecule has 11 rings (SSSR count). The van der Waals surface area contributed by atoms with Crippen LogP contribution < -0.4 is 4.90 Å². The number of anilines is 3. The van der Waals surface area contributed by atoms with Gasteiger partial charge < -0.3 is 9.32 Å². The van der Waals surface area contributed by atoms with Crippen LogP contribution in [0.1, 0.15) is 5.48 Å². The highest BCUT2D eigenvalue weighted by Crippen LogP contribution is 2.45. The topological polar surface area (TPSA) is 16.4 Å². The lowest BCUT2D eigenvalue weighted by Crippen LogP contribution is -2.11. The summed E-state index contributed by atoms with van der Waals surface area (Å²) in [5.74, 6) is 0. The van der Waals surface area contributed by atoms with E-state index in [0.717, 1.165) is 76.9 Å². The van der Waals surface area contributed by atoms with Crippen LogP contribution in [-0.4, -0.2) is 0 Å². The van der Waals surface area contributed by atoms with E-state index in [-0.39, 0.29) is 35.4 Å². The van der Waals surface area contributed by atoms with Gasteiger partial charge in [-0.1, -0.05) is 182 Å². The van der Waals surface area contributed by atoms with Crippen molar-refractivity contribution in [2.24, 2.45) is 0 Å². The van der Waals surface area contributed by atoms with Crippen molar-refractivity contribution in [1.29, 1.82) is 0 Å². The minimum Gasteiger partial charge on any atom is -0.455 e. The van der Waals surface area contributed by atoms with E-state index in [1.807, 2.05) is 132 Å². The predicted octanol–water partition coefficient (Wildman–Crippen LogP) is 16.0. The molecule has 58 heavy (non-hydrogen) atoms. The summed E-state index contributed by atoms with van der Waals surface area (Å²) in [5, 5.41) is 6.37. The van der Waals surface area contributed by atoms with E-state index in [9.17, 15) is 5.48 Å². The summed E-state index contributed by atoms with van der Waals surface area (Å²) in [6.45, 7) is 0. The third-order valence-electron chi connectivity index (χ3n) is 11.2. The predicted molar refractivity (Wildman–Crippen MR) is 245 cm³/mol. The van der Waals surface area contributed by atoms with Crippen LogP contribution in [0, 0.1) is 0 Å². The van der Waals surface area contributed by atoms with Gasteiger partial charge in [0.25, 0.3) is 0 Å². The largest absolute Gasteiger partial charge is 0.455 e. The normalized spacial score (nSPS) is 12.4. The molecule has 272 valence electrons. The first-order valence-corrected chi connectivity index (χ1v) is 19.5. The van der Waals surface area contributed by atoms with E-state index < -0.39 is 0 Å². The Morgan fingerprint density at radius 1 is 0.328 bits per heavy atom. The number of nitrogens with zero attached hydrogens (tertiary/aromatic N) is 1. The first kappa shape index (κ1) is 29.6. The SMILES string of the molecule is [2H]c1c([2H])c(N(c2ccc(-c3ccccc3)cc2)c2ccccc2-c2cccc3c2ccc2c4ccccc4oc32)c([2H])c([2H])c1-c1ccc(-c2cccc3ccccc23)cc1. The number of rotatable bonds is 7. The number of hydrogen-bond acceptors (Lipinski definition) is 2. The van der Waals surface area contributed by atoms with Crippen LogP contribution in [0.2, 0.25) is 0 Å². The summed E-state index contributed by atoms with van der Waals surface area (Å²) in [6.07, 6.45) is 0. The van der Waals surface area contributed by atoms with Gasteiger partial charge in [-0.2, -0.15) is 0 Å². The third kappa shape index (κ3) is 5.82. The van der Waals surface area contributed by atoms with Gasteiger partial charge in [0, 0.05) is 33.1 Å². The molecule has 0 unspecified atom stereocenters. The molecule has 0 aliphatic heterocycles. The molecule has 0 radical (unpaired) electrons. The van der Waals surface area contributed by atoms with Crippen molar-refractivity contribution < 1.29 is 9.90 Å². The van der Waals surface area contributed by atoms with Gasteiger partial charge in [0.1, 0.15) is 11.2 Å². The van der Waals surface area contributed by atoms with Gasteiger partial charge in [-0.05, 0) is 97.5 Å². The molecule has 0 amide bonds. The molecular weight excluding hydrogens is 703 g/mol. The van der Waals surface area contributed by atoms with Crippen molar-refractivity contribution in [3.8, 4) is 44.5 Å². The average Bonchev–Trinajstić information content (AvgIpc) is 3.72. The van der Waals surface area contributed by atoms with Gasteiger partial charge in [-0.25, -0.2) is 0 Å². The molecule has 0 bridgehead atoms. The van der Waals surface area contributed by atoms with Crippen molar-refractivity contribution in [2.45, 2.75) is 0 Å². The van der Waals surface area contributed by atoms with Crippen LogP contribution in [0.15, 0.2) is 229 Å². The van der Waals surface area contributed by atoms with E-state index in [1.165, 1.54) is 0 Å². The highest BCUT2D eigenvalue weighted by molar-refractivity contribution is 6.18. The van der Waals surface area contributed by atoms with Crippen LogP contribution in [0.3, 0.4) is 0 Å². The van der Waals surface area contributed by atoms with Gasteiger partial charge in [0.2, 0.25) is 0 Å². The first-order chi connectivity index (χ1) is 30.4. The Labute approximate surface area is 343 Å². The minimum absolute atomic E-state index is 0.111. The Bertz CT molecular complexity index is 3470. The lowest BCUT2D eigenvalue weighted by Gasteiger charge is -2.28. The van der Waals surface area contributed by atoms with E-state index in [2.05, 4.69) is 72.8 Å². The molecule has 11 aromatic rings. The zero-order chi connectivity index (χ0) is 41.9. The van der Waals surface area contributed by atoms with E-state index in [4.69, 9.17) is 4.42 Å². The summed E-state index contributed by atoms with van der Waals surface area (Å²) >= 11 is 0. The number of para-hydroxylation sites is 2. The van der Waals surface area contributed by atoms with Crippen LogP contribution in [-0.2, 0) is 0 Å². The fourth-order valence-corrected chi connectivity index (χ4v) is 8.35. The second-order valence-corrected chi connectivity index (χ2v) is 14.5. The summed E-state index contributed by atoms with van der Waals surface area (Å²) < 4.78 is 44.9. The molecule has 2 nitrogen and oxygen atoms in total. The highest BCUT2D eigenvalue weighted by atomic mass is 16.3. The molecule has 1 heterocycles. The fourth-order valence-electron chi connectivity index (χ4n) is 8.35. The van der Waals surface area contributed by atoms with E-state index >= 15 is 0 Å². The second-order valence-electron chi connectivity index (χ2n) is 14.5. The molecule has 2 heteroatoms. The molecule has 0 fully saturated rings. The molecular formula is C56H37NO. The first-order valence-electron chi connectivity index (χ1n) is 21.5.